The zero-order valence-electron chi connectivity index (χ0n) is 3.04. The van der Waals surface area contributed by atoms with Gasteiger partial charge in [-0.05, 0) is 0 Å². The van der Waals surface area contributed by atoms with Crippen molar-refractivity contribution in [3.63, 3.8) is 0 Å². The molecule has 0 fully saturated rings. The van der Waals surface area contributed by atoms with Crippen molar-refractivity contribution >= 4 is 55.1 Å². The Kier molecular flexibility index (Phi) is 291. The van der Waals surface area contributed by atoms with Crippen molar-refractivity contribution in [2.24, 2.45) is 0 Å². The van der Waals surface area contributed by atoms with Crippen LogP contribution in [0.4, 0.5) is 0 Å². The second-order valence-electron chi connectivity index (χ2n) is 0. The smallest absolute Gasteiger partial charge is 1.00 e. The molecule has 16 valence electrons. The van der Waals surface area contributed by atoms with Crippen molar-refractivity contribution in [1.82, 2.24) is 0 Å². The van der Waals surface area contributed by atoms with Crippen molar-refractivity contribution in [3.05, 3.63) is 0 Å². The molecule has 0 aliphatic carbocycles. The van der Waals surface area contributed by atoms with E-state index in [1.54, 1.807) is 0 Å². The van der Waals surface area contributed by atoms with Crippen LogP contribution in [0.15, 0.2) is 0 Å². The summed E-state index contributed by atoms with van der Waals surface area (Å²) < 4.78 is 0. The maximum atomic E-state index is 0. The van der Waals surface area contributed by atoms with Gasteiger partial charge in [0.2, 0.25) is 0 Å². The van der Waals surface area contributed by atoms with Crippen LogP contribution >= 0.6 is 0 Å². The van der Waals surface area contributed by atoms with Crippen LogP contribution in [0.1, 0.15) is 0 Å². The molecule has 0 nitrogen and oxygen atoms in total. The number of rotatable bonds is 0. The quantitative estimate of drug-likeness (QED) is 0.284. The zero-order chi connectivity index (χ0) is 0. The molecule has 0 saturated heterocycles. The monoisotopic (exact) mass is 128 g/mol. The number of halogens is 2. The van der Waals surface area contributed by atoms with Gasteiger partial charge in [-0.3, -0.25) is 0 Å². The van der Waals surface area contributed by atoms with Gasteiger partial charge in [0.25, 0.3) is 0 Å². The first kappa shape index (κ1) is 48.1. The van der Waals surface area contributed by atoms with E-state index in [1.807, 2.05) is 0 Å². The Bertz CT molecular complexity index is 9.61. The standard InChI is InChI=1S/Al.Ca.2FH.Na/h;;2*1H;/q+3;+2;;;+1/p-2. The van der Waals surface area contributed by atoms with Crippen molar-refractivity contribution in [2.45, 2.75) is 0 Å². The molecule has 0 saturated carbocycles. The number of hydrogen-bond donors (Lipinski definition) is 0. The van der Waals surface area contributed by atoms with Gasteiger partial charge in [-0.15, -0.1) is 0 Å². The average molecular weight is 128 g/mol. The van der Waals surface area contributed by atoms with Crippen LogP contribution in [0, 0.1) is 0 Å². The molecule has 0 unspecified atom stereocenters. The van der Waals surface area contributed by atoms with Gasteiger partial charge in [0.05, 0.1) is 0 Å². The van der Waals surface area contributed by atoms with Gasteiger partial charge in [0.15, 0.2) is 0 Å². The first-order valence-electron chi connectivity index (χ1n) is 0. The summed E-state index contributed by atoms with van der Waals surface area (Å²) in [6.07, 6.45) is 0. The Morgan fingerprint density at radius 2 is 0.800 bits per heavy atom. The van der Waals surface area contributed by atoms with E-state index < -0.39 is 0 Å². The number of hydrogen-bond acceptors (Lipinski definition) is 0. The molecule has 0 amide bonds. The molecule has 0 atom stereocenters. The first-order valence-corrected chi connectivity index (χ1v) is 0. The van der Waals surface area contributed by atoms with Crippen molar-refractivity contribution in [2.75, 3.05) is 0 Å². The van der Waals surface area contributed by atoms with Crippen LogP contribution in [0.2, 0.25) is 0 Å². The molecule has 0 aliphatic heterocycles. The topological polar surface area (TPSA) is 0 Å². The normalized spacial score (nSPS) is 0. The molecular formula is AlCaF2Na+4. The SMILES string of the molecule is [Al+3].[Ca+2].[F-].[F-].[Na+]. The molecule has 0 aromatic rings. The third kappa shape index (κ3) is 20.5. The fraction of sp³-hybridized carbons (Fsp3) is 0. The zero-order valence-corrected chi connectivity index (χ0v) is 8.40. The Labute approximate surface area is 92.2 Å². The first-order chi connectivity index (χ1) is 0. The summed E-state index contributed by atoms with van der Waals surface area (Å²) in [5.41, 5.74) is 0. The van der Waals surface area contributed by atoms with E-state index in [1.165, 1.54) is 0 Å². The van der Waals surface area contributed by atoms with Crippen LogP contribution < -0.4 is 39.0 Å². The maximum absolute atomic E-state index is 0. The van der Waals surface area contributed by atoms with E-state index in [4.69, 9.17) is 0 Å². The molecule has 5 heteroatoms. The van der Waals surface area contributed by atoms with E-state index in [0.717, 1.165) is 0 Å². The second-order valence-corrected chi connectivity index (χ2v) is 0. The Morgan fingerprint density at radius 1 is 0.800 bits per heavy atom. The van der Waals surface area contributed by atoms with E-state index >= 15 is 0 Å². The third-order valence-electron chi connectivity index (χ3n) is 0. The van der Waals surface area contributed by atoms with Crippen molar-refractivity contribution in [1.29, 1.82) is 0 Å². The van der Waals surface area contributed by atoms with E-state index in [2.05, 4.69) is 0 Å². The van der Waals surface area contributed by atoms with Crippen LogP contribution in [-0.2, 0) is 0 Å². The molecule has 0 bridgehead atoms. The minimum Gasteiger partial charge on any atom is -1.00 e. The summed E-state index contributed by atoms with van der Waals surface area (Å²) in [5, 5.41) is 0. The summed E-state index contributed by atoms with van der Waals surface area (Å²) in [6.45, 7) is 0. The third-order valence-corrected chi connectivity index (χ3v) is 0. The van der Waals surface area contributed by atoms with Crippen LogP contribution in [0.3, 0.4) is 0 Å². The molecule has 0 aromatic heterocycles. The summed E-state index contributed by atoms with van der Waals surface area (Å²) in [5.74, 6) is 0. The van der Waals surface area contributed by atoms with Gasteiger partial charge in [-0.1, -0.05) is 0 Å². The van der Waals surface area contributed by atoms with Gasteiger partial charge in [0, 0.05) is 0 Å². The minimum atomic E-state index is 0. The minimum absolute atomic E-state index is 0. The van der Waals surface area contributed by atoms with Crippen LogP contribution in [0.25, 0.3) is 0 Å². The van der Waals surface area contributed by atoms with Gasteiger partial charge >= 0.3 is 84.7 Å². The summed E-state index contributed by atoms with van der Waals surface area (Å²) in [6, 6.07) is 0. The van der Waals surface area contributed by atoms with Crippen molar-refractivity contribution < 1.29 is 39.0 Å². The fourth-order valence-corrected chi connectivity index (χ4v) is 0. The molecule has 0 radical (unpaired) electrons. The summed E-state index contributed by atoms with van der Waals surface area (Å²) in [7, 11) is 0. The van der Waals surface area contributed by atoms with Gasteiger partial charge < -0.3 is 9.41 Å². The van der Waals surface area contributed by atoms with Crippen molar-refractivity contribution in [3.8, 4) is 0 Å². The Morgan fingerprint density at radius 3 is 0.800 bits per heavy atom. The summed E-state index contributed by atoms with van der Waals surface area (Å²) in [4.78, 5) is 0. The molecule has 0 aliphatic rings. The van der Waals surface area contributed by atoms with Gasteiger partial charge in [-0.25, -0.2) is 0 Å². The molecule has 0 N–H and O–H groups in total. The van der Waals surface area contributed by atoms with Gasteiger partial charge in [-0.2, -0.15) is 0 Å². The molecule has 0 rings (SSSR count). The van der Waals surface area contributed by atoms with Gasteiger partial charge in [0.1, 0.15) is 0 Å². The predicted octanol–water partition coefficient (Wildman–Crippen LogP) is -9.75. The molecule has 0 aromatic carbocycles. The van der Waals surface area contributed by atoms with E-state index in [-0.39, 0.29) is 94.1 Å². The van der Waals surface area contributed by atoms with Crippen LogP contribution in [-0.4, -0.2) is 55.1 Å². The Hall–Kier alpha value is 2.65. The molecule has 0 heterocycles. The van der Waals surface area contributed by atoms with E-state index in [0.29, 0.717) is 0 Å². The Balaban J connectivity index is 0. The summed E-state index contributed by atoms with van der Waals surface area (Å²) >= 11 is 0. The molecule has 0 spiro atoms. The molecular weight excluding hydrogens is 128 g/mol. The van der Waals surface area contributed by atoms with E-state index in [9.17, 15) is 0 Å². The fourth-order valence-electron chi connectivity index (χ4n) is 0. The largest absolute Gasteiger partial charge is 3.00 e. The predicted molar refractivity (Wildman–Crippen MR) is 11.5 cm³/mol. The maximum Gasteiger partial charge on any atom is 3.00 e. The second kappa shape index (κ2) is 30.2. The van der Waals surface area contributed by atoms with Crippen LogP contribution in [0.5, 0.6) is 0 Å². The average Bonchev–Trinajstić information content (AvgIpc) is 0. The molecule has 5 heavy (non-hydrogen) atoms.